The minimum absolute atomic E-state index is 0.0699. The van der Waals surface area contributed by atoms with Crippen LogP contribution in [0.4, 0.5) is 4.39 Å². The van der Waals surface area contributed by atoms with Crippen LogP contribution in [-0.4, -0.2) is 31.9 Å². The predicted octanol–water partition coefficient (Wildman–Crippen LogP) is 0.858. The van der Waals surface area contributed by atoms with Crippen molar-refractivity contribution in [2.45, 2.75) is 30.7 Å². The standard InChI is InChI=1S/C16H18FN3O4S/c1-24-12-5-6-15(13(17)10-12)25(22,23)18-7-8-20-16(21)9-11-3-2-4-14(11)19-20/h5-6,9-10,18H,2-4,7-8H2,1H3. The monoisotopic (exact) mass is 367 g/mol. The molecule has 0 aliphatic heterocycles. The number of nitrogens with zero attached hydrogens (tertiary/aromatic N) is 2. The number of hydrogen-bond acceptors (Lipinski definition) is 5. The van der Waals surface area contributed by atoms with Crippen molar-refractivity contribution in [1.29, 1.82) is 0 Å². The summed E-state index contributed by atoms with van der Waals surface area (Å²) in [5, 5.41) is 4.26. The van der Waals surface area contributed by atoms with Crippen molar-refractivity contribution < 1.29 is 17.5 Å². The molecule has 1 aromatic heterocycles. The summed E-state index contributed by atoms with van der Waals surface area (Å²) in [6.07, 6.45) is 2.63. The fourth-order valence-corrected chi connectivity index (χ4v) is 3.87. The van der Waals surface area contributed by atoms with Crippen LogP contribution < -0.4 is 15.0 Å². The topological polar surface area (TPSA) is 90.3 Å². The van der Waals surface area contributed by atoms with E-state index in [1.54, 1.807) is 6.07 Å². The normalized spacial score (nSPS) is 13.7. The number of aromatic nitrogens is 2. The van der Waals surface area contributed by atoms with E-state index in [1.165, 1.54) is 17.9 Å². The van der Waals surface area contributed by atoms with Crippen LogP contribution in [0.2, 0.25) is 0 Å². The SMILES string of the molecule is COc1ccc(S(=O)(=O)NCCn2nc3c(cc2=O)CCC3)c(F)c1. The van der Waals surface area contributed by atoms with Gasteiger partial charge >= 0.3 is 0 Å². The van der Waals surface area contributed by atoms with Crippen molar-refractivity contribution in [3.05, 3.63) is 51.7 Å². The third-order valence-electron chi connectivity index (χ3n) is 4.07. The number of ether oxygens (including phenoxy) is 1. The molecule has 0 unspecified atom stereocenters. The van der Waals surface area contributed by atoms with Crippen LogP contribution in [-0.2, 0) is 29.4 Å². The van der Waals surface area contributed by atoms with Gasteiger partial charge in [-0.1, -0.05) is 0 Å². The van der Waals surface area contributed by atoms with Crippen molar-refractivity contribution in [2.24, 2.45) is 0 Å². The van der Waals surface area contributed by atoms with Gasteiger partial charge in [0.1, 0.15) is 16.5 Å². The molecule has 0 bridgehead atoms. The highest BCUT2D eigenvalue weighted by Gasteiger charge is 2.20. The molecule has 0 saturated carbocycles. The molecule has 1 N–H and O–H groups in total. The largest absolute Gasteiger partial charge is 0.497 e. The number of halogens is 1. The fraction of sp³-hybridized carbons (Fsp3) is 0.375. The van der Waals surface area contributed by atoms with Gasteiger partial charge in [0.25, 0.3) is 5.56 Å². The maximum Gasteiger partial charge on any atom is 0.267 e. The molecule has 3 rings (SSSR count). The van der Waals surface area contributed by atoms with Crippen LogP contribution in [0.1, 0.15) is 17.7 Å². The molecule has 1 aliphatic carbocycles. The molecule has 0 spiro atoms. The quantitative estimate of drug-likeness (QED) is 0.818. The fourth-order valence-electron chi connectivity index (χ4n) is 2.79. The molecule has 0 fully saturated rings. The number of hydrogen-bond donors (Lipinski definition) is 1. The number of nitrogens with one attached hydrogen (secondary N) is 1. The molecule has 0 atom stereocenters. The van der Waals surface area contributed by atoms with Gasteiger partial charge in [0.05, 0.1) is 19.3 Å². The second kappa shape index (κ2) is 6.93. The lowest BCUT2D eigenvalue weighted by Crippen LogP contribution is -2.32. The Hall–Kier alpha value is -2.26. The Labute approximate surface area is 144 Å². The molecule has 7 nitrogen and oxygen atoms in total. The van der Waals surface area contributed by atoms with E-state index < -0.39 is 20.7 Å². The molecular formula is C16H18FN3O4S. The van der Waals surface area contributed by atoms with E-state index in [0.717, 1.165) is 42.7 Å². The Morgan fingerprint density at radius 1 is 1.32 bits per heavy atom. The lowest BCUT2D eigenvalue weighted by atomic mass is 10.2. The first-order valence-corrected chi connectivity index (χ1v) is 9.32. The van der Waals surface area contributed by atoms with Crippen molar-refractivity contribution >= 4 is 10.0 Å². The first kappa shape index (κ1) is 17.6. The van der Waals surface area contributed by atoms with E-state index in [1.807, 2.05) is 0 Å². The van der Waals surface area contributed by atoms with E-state index in [4.69, 9.17) is 4.74 Å². The molecule has 1 aliphatic rings. The summed E-state index contributed by atoms with van der Waals surface area (Å²) < 4.78 is 46.7. The van der Waals surface area contributed by atoms with Crippen molar-refractivity contribution in [2.75, 3.05) is 13.7 Å². The van der Waals surface area contributed by atoms with Crippen molar-refractivity contribution in [3.63, 3.8) is 0 Å². The smallest absolute Gasteiger partial charge is 0.267 e. The first-order valence-electron chi connectivity index (χ1n) is 7.84. The second-order valence-electron chi connectivity index (χ2n) is 5.73. The second-order valence-corrected chi connectivity index (χ2v) is 7.46. The minimum atomic E-state index is -4.03. The lowest BCUT2D eigenvalue weighted by Gasteiger charge is -2.10. The summed E-state index contributed by atoms with van der Waals surface area (Å²) >= 11 is 0. The van der Waals surface area contributed by atoms with Gasteiger partial charge in [0, 0.05) is 18.7 Å². The average molecular weight is 367 g/mol. The van der Waals surface area contributed by atoms with Gasteiger partial charge in [-0.3, -0.25) is 4.79 Å². The van der Waals surface area contributed by atoms with E-state index in [9.17, 15) is 17.6 Å². The van der Waals surface area contributed by atoms with Crippen molar-refractivity contribution in [1.82, 2.24) is 14.5 Å². The van der Waals surface area contributed by atoms with Crippen molar-refractivity contribution in [3.8, 4) is 5.75 Å². The van der Waals surface area contributed by atoms with Crippen LogP contribution in [0.25, 0.3) is 0 Å². The van der Waals surface area contributed by atoms with Gasteiger partial charge in [-0.15, -0.1) is 0 Å². The summed E-state index contributed by atoms with van der Waals surface area (Å²) in [5.74, 6) is -0.676. The zero-order chi connectivity index (χ0) is 18.0. The summed E-state index contributed by atoms with van der Waals surface area (Å²) in [4.78, 5) is 11.5. The zero-order valence-electron chi connectivity index (χ0n) is 13.7. The maximum atomic E-state index is 13.9. The van der Waals surface area contributed by atoms with Crippen LogP contribution in [0, 0.1) is 5.82 Å². The molecule has 9 heteroatoms. The number of rotatable bonds is 6. The molecule has 2 aromatic rings. The number of methoxy groups -OCH3 is 1. The van der Waals surface area contributed by atoms with Crippen LogP contribution in [0.3, 0.4) is 0 Å². The highest BCUT2D eigenvalue weighted by atomic mass is 32.2. The molecule has 0 radical (unpaired) electrons. The van der Waals surface area contributed by atoms with Crippen LogP contribution in [0.15, 0.2) is 34.0 Å². The molecule has 25 heavy (non-hydrogen) atoms. The summed E-state index contributed by atoms with van der Waals surface area (Å²) in [6, 6.07) is 5.05. The van der Waals surface area contributed by atoms with E-state index in [2.05, 4.69) is 9.82 Å². The number of benzene rings is 1. The lowest BCUT2D eigenvalue weighted by molar-refractivity contribution is 0.409. The number of sulfonamides is 1. The van der Waals surface area contributed by atoms with Gasteiger partial charge < -0.3 is 4.74 Å². The Kier molecular flexibility index (Phi) is 4.87. The van der Waals surface area contributed by atoms with Gasteiger partial charge in [-0.25, -0.2) is 22.2 Å². The summed E-state index contributed by atoms with van der Waals surface area (Å²) in [7, 11) is -2.67. The first-order chi connectivity index (χ1) is 11.9. The van der Waals surface area contributed by atoms with E-state index in [0.29, 0.717) is 0 Å². The van der Waals surface area contributed by atoms with Crippen LogP contribution in [0.5, 0.6) is 5.75 Å². The Morgan fingerprint density at radius 2 is 2.12 bits per heavy atom. The van der Waals surface area contributed by atoms with Gasteiger partial charge in [0.2, 0.25) is 10.0 Å². The Balaban J connectivity index is 1.70. The third kappa shape index (κ3) is 3.72. The molecule has 0 saturated heterocycles. The highest BCUT2D eigenvalue weighted by Crippen LogP contribution is 2.20. The van der Waals surface area contributed by atoms with Gasteiger partial charge in [0.15, 0.2) is 0 Å². The molecule has 1 aromatic carbocycles. The van der Waals surface area contributed by atoms with Gasteiger partial charge in [-0.2, -0.15) is 5.10 Å². The molecule has 0 amide bonds. The Bertz CT molecular complexity index is 956. The minimum Gasteiger partial charge on any atom is -0.497 e. The molecule has 134 valence electrons. The number of aryl methyl sites for hydroxylation is 2. The molecule has 1 heterocycles. The average Bonchev–Trinajstić information content (AvgIpc) is 3.01. The molecular weight excluding hydrogens is 349 g/mol. The predicted molar refractivity (Wildman–Crippen MR) is 88.7 cm³/mol. The Morgan fingerprint density at radius 3 is 2.84 bits per heavy atom. The van der Waals surface area contributed by atoms with E-state index >= 15 is 0 Å². The third-order valence-corrected chi connectivity index (χ3v) is 5.56. The highest BCUT2D eigenvalue weighted by molar-refractivity contribution is 7.89. The summed E-state index contributed by atoms with van der Waals surface area (Å²) in [5.41, 5.74) is 1.57. The van der Waals surface area contributed by atoms with Gasteiger partial charge in [-0.05, 0) is 37.0 Å². The number of fused-ring (bicyclic) bond motifs is 1. The summed E-state index contributed by atoms with van der Waals surface area (Å²) in [6.45, 7) is 0.00259. The van der Waals surface area contributed by atoms with E-state index in [-0.39, 0.29) is 24.4 Å². The zero-order valence-corrected chi connectivity index (χ0v) is 14.5. The van der Waals surface area contributed by atoms with Crippen LogP contribution >= 0.6 is 0 Å². The maximum absolute atomic E-state index is 13.9.